The average molecular weight is 366 g/mol. The molecule has 1 aromatic carbocycles. The Morgan fingerprint density at radius 3 is 2.41 bits per heavy atom. The van der Waals surface area contributed by atoms with Gasteiger partial charge in [0, 0.05) is 29.9 Å². The molecule has 1 amide bonds. The van der Waals surface area contributed by atoms with Crippen LogP contribution in [0.4, 0.5) is 5.95 Å². The molecule has 0 aliphatic rings. The third-order valence-electron chi connectivity index (χ3n) is 3.94. The van der Waals surface area contributed by atoms with Crippen LogP contribution in [0.15, 0.2) is 41.2 Å². The first kappa shape index (κ1) is 18.5. The summed E-state index contributed by atoms with van der Waals surface area (Å²) in [6, 6.07) is 6.78. The van der Waals surface area contributed by atoms with E-state index in [1.54, 1.807) is 24.5 Å². The summed E-state index contributed by atoms with van der Waals surface area (Å²) in [6.07, 6.45) is 4.02. The zero-order valence-corrected chi connectivity index (χ0v) is 15.5. The summed E-state index contributed by atoms with van der Waals surface area (Å²) < 4.78 is 5.25. The normalized spacial score (nSPS) is 12.1. The van der Waals surface area contributed by atoms with E-state index in [0.717, 1.165) is 17.5 Å². The lowest BCUT2D eigenvalue weighted by Crippen LogP contribution is -2.26. The van der Waals surface area contributed by atoms with Gasteiger partial charge in [0.25, 0.3) is 5.91 Å². The molecule has 0 fully saturated rings. The summed E-state index contributed by atoms with van der Waals surface area (Å²) in [5.41, 5.74) is 7.75. The number of hydrogen-bond acceptors (Lipinski definition) is 7. The summed E-state index contributed by atoms with van der Waals surface area (Å²) in [4.78, 5) is 24.7. The van der Waals surface area contributed by atoms with Crippen LogP contribution in [-0.4, -0.2) is 26.0 Å². The summed E-state index contributed by atoms with van der Waals surface area (Å²) in [5.74, 6) is 1.49. The number of nitrogen functional groups attached to an aromatic ring is 1. The van der Waals surface area contributed by atoms with Crippen molar-refractivity contribution in [3.8, 4) is 11.1 Å². The molecule has 140 valence electrons. The topological polar surface area (TPSA) is 120 Å². The van der Waals surface area contributed by atoms with Gasteiger partial charge in [0.05, 0.1) is 0 Å². The molecule has 2 aromatic heterocycles. The first-order valence-electron chi connectivity index (χ1n) is 8.73. The molecule has 0 radical (unpaired) electrons. The molecule has 3 rings (SSSR count). The molecule has 2 heterocycles. The van der Waals surface area contributed by atoms with E-state index >= 15 is 0 Å². The fraction of sp³-hybridized carbons (Fsp3) is 0.316. The van der Waals surface area contributed by atoms with Crippen LogP contribution in [0.2, 0.25) is 0 Å². The Hall–Kier alpha value is -3.29. The van der Waals surface area contributed by atoms with Crippen molar-refractivity contribution in [2.45, 2.75) is 33.2 Å². The third kappa shape index (κ3) is 4.66. The summed E-state index contributed by atoms with van der Waals surface area (Å²) in [6.45, 7) is 5.98. The van der Waals surface area contributed by atoms with Crippen molar-refractivity contribution in [1.82, 2.24) is 25.4 Å². The van der Waals surface area contributed by atoms with Crippen molar-refractivity contribution in [3.05, 3.63) is 53.9 Å². The predicted octanol–water partition coefficient (Wildman–Crippen LogP) is 2.80. The molecular weight excluding hydrogens is 344 g/mol. The molecule has 0 saturated heterocycles. The third-order valence-corrected chi connectivity index (χ3v) is 3.94. The number of amides is 1. The number of nitrogens with zero attached hydrogens (tertiary/aromatic N) is 4. The molecule has 1 atom stereocenters. The Bertz CT molecular complexity index is 903. The van der Waals surface area contributed by atoms with E-state index in [-0.39, 0.29) is 17.9 Å². The number of rotatable bonds is 6. The van der Waals surface area contributed by atoms with Crippen LogP contribution in [0, 0.1) is 5.92 Å². The van der Waals surface area contributed by atoms with Crippen LogP contribution < -0.4 is 11.1 Å². The van der Waals surface area contributed by atoms with Gasteiger partial charge in [-0.2, -0.15) is 4.98 Å². The minimum absolute atomic E-state index is 0.216. The van der Waals surface area contributed by atoms with Gasteiger partial charge in [-0.3, -0.25) is 4.79 Å². The fourth-order valence-corrected chi connectivity index (χ4v) is 2.53. The lowest BCUT2D eigenvalue weighted by atomic mass is 10.1. The number of nitrogens with one attached hydrogen (secondary N) is 1. The number of benzene rings is 1. The molecule has 3 aromatic rings. The number of nitrogens with two attached hydrogens (primary N) is 1. The Kier molecular flexibility index (Phi) is 5.44. The summed E-state index contributed by atoms with van der Waals surface area (Å²) in [5, 5.41) is 6.82. The van der Waals surface area contributed by atoms with E-state index in [4.69, 9.17) is 10.3 Å². The summed E-state index contributed by atoms with van der Waals surface area (Å²) >= 11 is 0. The van der Waals surface area contributed by atoms with Gasteiger partial charge in [-0.25, -0.2) is 9.97 Å². The molecule has 3 N–H and O–H groups in total. The smallest absolute Gasteiger partial charge is 0.251 e. The van der Waals surface area contributed by atoms with Crippen molar-refractivity contribution in [3.63, 3.8) is 0 Å². The van der Waals surface area contributed by atoms with Gasteiger partial charge >= 0.3 is 0 Å². The second kappa shape index (κ2) is 7.94. The fourth-order valence-electron chi connectivity index (χ4n) is 2.53. The van der Waals surface area contributed by atoms with Crippen molar-refractivity contribution < 1.29 is 9.32 Å². The Balaban J connectivity index is 1.65. The van der Waals surface area contributed by atoms with E-state index in [0.29, 0.717) is 23.2 Å². The lowest BCUT2D eigenvalue weighted by molar-refractivity contribution is 0.0932. The van der Waals surface area contributed by atoms with Crippen molar-refractivity contribution in [2.24, 2.45) is 5.92 Å². The standard InChI is InChI=1S/C19H22N6O2/c1-11(2)8-16-24-18(27-25-16)12(3)23-17(26)14-6-4-13(5-7-14)15-9-21-19(20)22-10-15/h4-7,9-12H,8H2,1-3H3,(H,23,26)(H2,20,21,22). The number of carbonyl (C=O) groups excluding carboxylic acids is 1. The molecule has 8 heteroatoms. The highest BCUT2D eigenvalue weighted by molar-refractivity contribution is 5.94. The number of carbonyl (C=O) groups is 1. The van der Waals surface area contributed by atoms with E-state index in [1.165, 1.54) is 0 Å². The first-order valence-corrected chi connectivity index (χ1v) is 8.73. The average Bonchev–Trinajstić information content (AvgIpc) is 3.10. The van der Waals surface area contributed by atoms with E-state index < -0.39 is 0 Å². The minimum atomic E-state index is -0.379. The Morgan fingerprint density at radius 1 is 1.11 bits per heavy atom. The maximum Gasteiger partial charge on any atom is 0.251 e. The van der Waals surface area contributed by atoms with Crippen LogP contribution in [-0.2, 0) is 6.42 Å². The van der Waals surface area contributed by atoms with Crippen LogP contribution in [0.1, 0.15) is 48.9 Å². The largest absolute Gasteiger partial charge is 0.368 e. The monoisotopic (exact) mass is 366 g/mol. The maximum atomic E-state index is 12.5. The highest BCUT2D eigenvalue weighted by Crippen LogP contribution is 2.19. The molecule has 27 heavy (non-hydrogen) atoms. The van der Waals surface area contributed by atoms with Gasteiger partial charge < -0.3 is 15.6 Å². The van der Waals surface area contributed by atoms with Gasteiger partial charge in [0.1, 0.15) is 6.04 Å². The van der Waals surface area contributed by atoms with Gasteiger partial charge in [0.2, 0.25) is 11.8 Å². The van der Waals surface area contributed by atoms with Crippen LogP contribution in [0.3, 0.4) is 0 Å². The van der Waals surface area contributed by atoms with E-state index in [2.05, 4.69) is 39.3 Å². The van der Waals surface area contributed by atoms with Crippen molar-refractivity contribution in [2.75, 3.05) is 5.73 Å². The molecule has 0 saturated carbocycles. The molecule has 1 unspecified atom stereocenters. The van der Waals surface area contributed by atoms with E-state index in [1.807, 2.05) is 19.1 Å². The zero-order chi connectivity index (χ0) is 19.4. The van der Waals surface area contributed by atoms with Gasteiger partial charge in [0.15, 0.2) is 5.82 Å². The molecule has 0 aliphatic heterocycles. The number of hydrogen-bond donors (Lipinski definition) is 2. The quantitative estimate of drug-likeness (QED) is 0.688. The summed E-state index contributed by atoms with van der Waals surface area (Å²) in [7, 11) is 0. The number of aromatic nitrogens is 4. The SMILES string of the molecule is CC(C)Cc1noc(C(C)NC(=O)c2ccc(-c3cnc(N)nc3)cc2)n1. The number of anilines is 1. The highest BCUT2D eigenvalue weighted by atomic mass is 16.5. The molecule has 0 aliphatic carbocycles. The van der Waals surface area contributed by atoms with Gasteiger partial charge in [-0.1, -0.05) is 31.1 Å². The van der Waals surface area contributed by atoms with E-state index in [9.17, 15) is 4.79 Å². The van der Waals surface area contributed by atoms with Crippen LogP contribution >= 0.6 is 0 Å². The second-order valence-corrected chi connectivity index (χ2v) is 6.75. The lowest BCUT2D eigenvalue weighted by Gasteiger charge is -2.10. The van der Waals surface area contributed by atoms with Crippen molar-refractivity contribution >= 4 is 11.9 Å². The first-order chi connectivity index (χ1) is 12.9. The predicted molar refractivity (Wildman–Crippen MR) is 101 cm³/mol. The Labute approximate surface area is 157 Å². The van der Waals surface area contributed by atoms with Crippen LogP contribution in [0.5, 0.6) is 0 Å². The molecule has 0 bridgehead atoms. The zero-order valence-electron chi connectivity index (χ0n) is 15.5. The second-order valence-electron chi connectivity index (χ2n) is 6.75. The minimum Gasteiger partial charge on any atom is -0.368 e. The van der Waals surface area contributed by atoms with Crippen LogP contribution in [0.25, 0.3) is 11.1 Å². The van der Waals surface area contributed by atoms with Crippen molar-refractivity contribution in [1.29, 1.82) is 0 Å². The molecular formula is C19H22N6O2. The Morgan fingerprint density at radius 2 is 1.78 bits per heavy atom. The maximum absolute atomic E-state index is 12.5. The van der Waals surface area contributed by atoms with Gasteiger partial charge in [-0.05, 0) is 30.5 Å². The molecule has 8 nitrogen and oxygen atoms in total. The van der Waals surface area contributed by atoms with Gasteiger partial charge in [-0.15, -0.1) is 0 Å². The molecule has 0 spiro atoms. The highest BCUT2D eigenvalue weighted by Gasteiger charge is 2.18.